The lowest BCUT2D eigenvalue weighted by atomic mass is 10.0. The molecule has 1 atom stereocenters. The van der Waals surface area contributed by atoms with Crippen LogP contribution in [0, 0.1) is 6.92 Å². The van der Waals surface area contributed by atoms with E-state index in [-0.39, 0.29) is 11.8 Å². The number of nitrogens with zero attached hydrogens (tertiary/aromatic N) is 1. The molecule has 5 heteroatoms. The van der Waals surface area contributed by atoms with Gasteiger partial charge in [-0.25, -0.2) is 4.79 Å². The van der Waals surface area contributed by atoms with E-state index in [1.54, 1.807) is 6.92 Å². The maximum Gasteiger partial charge on any atom is 0.356 e. The van der Waals surface area contributed by atoms with E-state index in [4.69, 9.17) is 9.84 Å². The van der Waals surface area contributed by atoms with Crippen molar-refractivity contribution >= 4 is 5.97 Å². The highest BCUT2D eigenvalue weighted by molar-refractivity contribution is 5.87. The second kappa shape index (κ2) is 4.02. The first kappa shape index (κ1) is 10.2. The average molecular weight is 210 g/mol. The zero-order valence-corrected chi connectivity index (χ0v) is 8.62. The van der Waals surface area contributed by atoms with Crippen LogP contribution >= 0.6 is 0 Å². The predicted octanol–water partition coefficient (Wildman–Crippen LogP) is 1.66. The van der Waals surface area contributed by atoms with Crippen LogP contribution in [0.3, 0.4) is 0 Å². The Morgan fingerprint density at radius 2 is 2.40 bits per heavy atom. The maximum atomic E-state index is 10.8. The van der Waals surface area contributed by atoms with Crippen LogP contribution in [-0.2, 0) is 4.74 Å². The number of rotatable bonds is 2. The fourth-order valence-electron chi connectivity index (χ4n) is 1.90. The van der Waals surface area contributed by atoms with Crippen molar-refractivity contribution in [2.75, 3.05) is 6.61 Å². The fourth-order valence-corrected chi connectivity index (χ4v) is 1.90. The zero-order chi connectivity index (χ0) is 10.8. The number of carboxylic acid groups (broad SMARTS) is 1. The van der Waals surface area contributed by atoms with Crippen molar-refractivity contribution in [1.29, 1.82) is 0 Å². The molecule has 1 fully saturated rings. The van der Waals surface area contributed by atoms with E-state index in [0.29, 0.717) is 5.56 Å². The summed E-state index contributed by atoms with van der Waals surface area (Å²) < 4.78 is 5.57. The summed E-state index contributed by atoms with van der Waals surface area (Å²) in [7, 11) is 0. The van der Waals surface area contributed by atoms with Crippen molar-refractivity contribution in [2.45, 2.75) is 32.3 Å². The number of H-pyrrole nitrogens is 1. The number of nitrogens with one attached hydrogen (secondary N) is 1. The summed E-state index contributed by atoms with van der Waals surface area (Å²) in [6.07, 6.45) is 3.11. The van der Waals surface area contributed by atoms with Gasteiger partial charge in [0.25, 0.3) is 0 Å². The summed E-state index contributed by atoms with van der Waals surface area (Å²) in [6, 6.07) is 0. The first-order chi connectivity index (χ1) is 7.20. The number of aromatic amines is 1. The lowest BCUT2D eigenvalue weighted by molar-refractivity contribution is 0.0119. The van der Waals surface area contributed by atoms with E-state index in [1.165, 1.54) is 0 Å². The summed E-state index contributed by atoms with van der Waals surface area (Å²) in [6.45, 7) is 2.51. The highest BCUT2D eigenvalue weighted by Crippen LogP contribution is 2.29. The average Bonchev–Trinajstić information content (AvgIpc) is 2.61. The van der Waals surface area contributed by atoms with Crippen molar-refractivity contribution in [3.8, 4) is 0 Å². The number of aromatic nitrogens is 2. The largest absolute Gasteiger partial charge is 0.476 e. The summed E-state index contributed by atoms with van der Waals surface area (Å²) in [5.74, 6) is -0.995. The van der Waals surface area contributed by atoms with Gasteiger partial charge in [0, 0.05) is 12.2 Å². The molecule has 2 N–H and O–H groups in total. The molecule has 0 spiro atoms. The van der Waals surface area contributed by atoms with Gasteiger partial charge in [0.1, 0.15) is 0 Å². The molecule has 2 heterocycles. The van der Waals surface area contributed by atoms with Gasteiger partial charge in [-0.1, -0.05) is 0 Å². The van der Waals surface area contributed by atoms with E-state index in [9.17, 15) is 4.79 Å². The molecule has 0 saturated carbocycles. The van der Waals surface area contributed by atoms with Gasteiger partial charge in [-0.3, -0.25) is 5.10 Å². The highest BCUT2D eigenvalue weighted by atomic mass is 16.5. The van der Waals surface area contributed by atoms with Crippen LogP contribution in [0.2, 0.25) is 0 Å². The van der Waals surface area contributed by atoms with Crippen molar-refractivity contribution in [3.05, 3.63) is 17.0 Å². The molecular formula is C10H14N2O3. The molecule has 1 aromatic heterocycles. The third-order valence-electron chi connectivity index (χ3n) is 2.75. The Morgan fingerprint density at radius 3 is 2.93 bits per heavy atom. The highest BCUT2D eigenvalue weighted by Gasteiger charge is 2.23. The van der Waals surface area contributed by atoms with Crippen LogP contribution in [0.25, 0.3) is 0 Å². The van der Waals surface area contributed by atoms with Gasteiger partial charge in [0.2, 0.25) is 0 Å². The lowest BCUT2D eigenvalue weighted by Gasteiger charge is -2.21. The SMILES string of the molecule is Cc1c(C(=O)O)n[nH]c1C1CCCCO1. The number of hydrogen-bond acceptors (Lipinski definition) is 3. The van der Waals surface area contributed by atoms with E-state index in [0.717, 1.165) is 31.6 Å². The second-order valence-corrected chi connectivity index (χ2v) is 3.77. The molecule has 15 heavy (non-hydrogen) atoms. The molecule has 82 valence electrons. The van der Waals surface area contributed by atoms with Crippen LogP contribution in [-0.4, -0.2) is 27.9 Å². The Morgan fingerprint density at radius 1 is 1.60 bits per heavy atom. The normalized spacial score (nSPS) is 21.5. The summed E-state index contributed by atoms with van der Waals surface area (Å²) in [4.78, 5) is 10.8. The first-order valence-electron chi connectivity index (χ1n) is 5.10. The number of ether oxygens (including phenoxy) is 1. The monoisotopic (exact) mass is 210 g/mol. The number of aromatic carboxylic acids is 1. The molecule has 0 amide bonds. The standard InChI is InChI=1S/C10H14N2O3/c1-6-8(7-4-2-3-5-15-7)11-12-9(6)10(13)14/h7H,2-5H2,1H3,(H,11,12)(H,13,14). The lowest BCUT2D eigenvalue weighted by Crippen LogP contribution is -2.13. The molecule has 1 aromatic rings. The minimum absolute atomic E-state index is 0.0145. The van der Waals surface area contributed by atoms with E-state index in [1.807, 2.05) is 0 Å². The van der Waals surface area contributed by atoms with E-state index >= 15 is 0 Å². The Kier molecular flexibility index (Phi) is 2.73. The molecule has 0 bridgehead atoms. The Hall–Kier alpha value is -1.36. The molecule has 0 aliphatic carbocycles. The zero-order valence-electron chi connectivity index (χ0n) is 8.62. The fraction of sp³-hybridized carbons (Fsp3) is 0.600. The van der Waals surface area contributed by atoms with Crippen molar-refractivity contribution < 1.29 is 14.6 Å². The maximum absolute atomic E-state index is 10.8. The molecule has 1 aliphatic rings. The van der Waals surface area contributed by atoms with Crippen molar-refractivity contribution in [3.63, 3.8) is 0 Å². The minimum atomic E-state index is -0.995. The Bertz CT molecular complexity index is 367. The van der Waals surface area contributed by atoms with Gasteiger partial charge in [-0.2, -0.15) is 5.10 Å². The van der Waals surface area contributed by atoms with Crippen molar-refractivity contribution in [2.24, 2.45) is 0 Å². The third kappa shape index (κ3) is 1.87. The molecule has 1 saturated heterocycles. The molecule has 1 unspecified atom stereocenters. The van der Waals surface area contributed by atoms with Gasteiger partial charge in [0.05, 0.1) is 11.8 Å². The summed E-state index contributed by atoms with van der Waals surface area (Å²) >= 11 is 0. The molecule has 0 aromatic carbocycles. The van der Waals surface area contributed by atoms with E-state index < -0.39 is 5.97 Å². The van der Waals surface area contributed by atoms with Crippen LogP contribution < -0.4 is 0 Å². The van der Waals surface area contributed by atoms with Crippen LogP contribution in [0.15, 0.2) is 0 Å². The van der Waals surface area contributed by atoms with Crippen molar-refractivity contribution in [1.82, 2.24) is 10.2 Å². The molecule has 5 nitrogen and oxygen atoms in total. The first-order valence-corrected chi connectivity index (χ1v) is 5.10. The van der Waals surface area contributed by atoms with Gasteiger partial charge in [-0.15, -0.1) is 0 Å². The van der Waals surface area contributed by atoms with Crippen LogP contribution in [0.5, 0.6) is 0 Å². The van der Waals surface area contributed by atoms with Crippen LogP contribution in [0.4, 0.5) is 0 Å². The van der Waals surface area contributed by atoms with Gasteiger partial charge in [-0.05, 0) is 26.2 Å². The number of carboxylic acids is 1. The van der Waals surface area contributed by atoms with Gasteiger partial charge < -0.3 is 9.84 Å². The van der Waals surface area contributed by atoms with Gasteiger partial charge >= 0.3 is 5.97 Å². The van der Waals surface area contributed by atoms with Crippen LogP contribution in [0.1, 0.15) is 47.1 Å². The molecule has 1 aliphatic heterocycles. The number of carbonyl (C=O) groups is 1. The second-order valence-electron chi connectivity index (χ2n) is 3.77. The smallest absolute Gasteiger partial charge is 0.356 e. The Balaban J connectivity index is 2.24. The number of hydrogen-bond donors (Lipinski definition) is 2. The minimum Gasteiger partial charge on any atom is -0.476 e. The predicted molar refractivity (Wildman–Crippen MR) is 52.8 cm³/mol. The van der Waals surface area contributed by atoms with Gasteiger partial charge in [0.15, 0.2) is 5.69 Å². The molecular weight excluding hydrogens is 196 g/mol. The topological polar surface area (TPSA) is 75.2 Å². The molecule has 0 radical (unpaired) electrons. The molecule has 2 rings (SSSR count). The van der Waals surface area contributed by atoms with E-state index in [2.05, 4.69) is 10.2 Å². The summed E-state index contributed by atoms with van der Waals surface area (Å²) in [5, 5.41) is 15.4. The quantitative estimate of drug-likeness (QED) is 0.778. The Labute approximate surface area is 87.4 Å². The third-order valence-corrected chi connectivity index (χ3v) is 2.75. The summed E-state index contributed by atoms with van der Waals surface area (Å²) in [5.41, 5.74) is 1.60.